The molecule has 0 aliphatic heterocycles. The van der Waals surface area contributed by atoms with Gasteiger partial charge in [-0.05, 0) is 59.4 Å². The zero-order valence-corrected chi connectivity index (χ0v) is 14.8. The van der Waals surface area contributed by atoms with Crippen LogP contribution < -0.4 is 5.32 Å². The first kappa shape index (κ1) is 16.5. The minimum atomic E-state index is 0.234. The van der Waals surface area contributed by atoms with Crippen molar-refractivity contribution < 1.29 is 0 Å². The van der Waals surface area contributed by atoms with Crippen molar-refractivity contribution in [3.8, 4) is 0 Å². The molecule has 0 bridgehead atoms. The Labute approximate surface area is 140 Å². The fourth-order valence-corrected chi connectivity index (χ4v) is 3.00. The van der Waals surface area contributed by atoms with Gasteiger partial charge in [0.1, 0.15) is 0 Å². The summed E-state index contributed by atoms with van der Waals surface area (Å²) in [5.74, 6) is 0. The van der Waals surface area contributed by atoms with Crippen molar-refractivity contribution in [1.82, 2.24) is 5.32 Å². The predicted molar refractivity (Wildman–Crippen MR) is 95.1 cm³/mol. The number of rotatable bonds is 6. The summed E-state index contributed by atoms with van der Waals surface area (Å²) in [6, 6.07) is 15.1. The van der Waals surface area contributed by atoms with Crippen LogP contribution in [-0.4, -0.2) is 6.54 Å². The molecule has 112 valence electrons. The van der Waals surface area contributed by atoms with E-state index < -0.39 is 0 Å². The normalized spacial score (nSPS) is 12.4. The average Bonchev–Trinajstić information content (AvgIpc) is 2.48. The molecule has 0 aromatic heterocycles. The van der Waals surface area contributed by atoms with Gasteiger partial charge in [-0.2, -0.15) is 0 Å². The van der Waals surface area contributed by atoms with Crippen molar-refractivity contribution in [2.24, 2.45) is 0 Å². The number of hydrogen-bond acceptors (Lipinski definition) is 1. The molecular formula is C18H21BrClN. The van der Waals surface area contributed by atoms with E-state index in [0.29, 0.717) is 0 Å². The molecule has 1 atom stereocenters. The molecule has 3 heteroatoms. The van der Waals surface area contributed by atoms with E-state index in [1.807, 2.05) is 12.1 Å². The minimum absolute atomic E-state index is 0.234. The van der Waals surface area contributed by atoms with Gasteiger partial charge in [0.25, 0.3) is 0 Å². The van der Waals surface area contributed by atoms with Crippen molar-refractivity contribution in [1.29, 1.82) is 0 Å². The summed E-state index contributed by atoms with van der Waals surface area (Å²) in [4.78, 5) is 0. The van der Waals surface area contributed by atoms with Crippen molar-refractivity contribution in [3.63, 3.8) is 0 Å². The number of halogens is 2. The zero-order chi connectivity index (χ0) is 15.2. The molecule has 21 heavy (non-hydrogen) atoms. The molecule has 1 unspecified atom stereocenters. The maximum atomic E-state index is 6.47. The van der Waals surface area contributed by atoms with E-state index in [1.54, 1.807) is 0 Å². The van der Waals surface area contributed by atoms with Crippen molar-refractivity contribution >= 4 is 27.5 Å². The molecule has 0 heterocycles. The molecule has 0 fully saturated rings. The SMILES string of the molecule is CCCNC(Cc1ccc(C)cc1)c1cccc(Br)c1Cl. The number of aryl methyl sites for hydroxylation is 1. The van der Waals surface area contributed by atoms with Crippen LogP contribution in [-0.2, 0) is 6.42 Å². The third-order valence-corrected chi connectivity index (χ3v) is 4.87. The quantitative estimate of drug-likeness (QED) is 0.692. The third kappa shape index (κ3) is 4.57. The number of nitrogens with one attached hydrogen (secondary N) is 1. The molecule has 0 spiro atoms. The van der Waals surface area contributed by atoms with Gasteiger partial charge >= 0.3 is 0 Å². The highest BCUT2D eigenvalue weighted by molar-refractivity contribution is 9.10. The van der Waals surface area contributed by atoms with E-state index in [4.69, 9.17) is 11.6 Å². The van der Waals surface area contributed by atoms with Crippen LogP contribution in [0.5, 0.6) is 0 Å². The van der Waals surface area contributed by atoms with Crippen LogP contribution in [0.25, 0.3) is 0 Å². The van der Waals surface area contributed by atoms with Gasteiger partial charge in [-0.3, -0.25) is 0 Å². The second-order valence-corrected chi connectivity index (χ2v) is 6.57. The predicted octanol–water partition coefficient (Wildman–Crippen LogP) is 5.69. The Kier molecular flexibility index (Phi) is 6.28. The highest BCUT2D eigenvalue weighted by Gasteiger charge is 2.16. The standard InChI is InChI=1S/C18H21BrClN/c1-3-11-21-17(12-14-9-7-13(2)8-10-14)15-5-4-6-16(19)18(15)20/h4-10,17,21H,3,11-12H2,1-2H3. The summed E-state index contributed by atoms with van der Waals surface area (Å²) >= 11 is 9.99. The van der Waals surface area contributed by atoms with Crippen LogP contribution in [0.2, 0.25) is 5.02 Å². The molecule has 2 aromatic rings. The van der Waals surface area contributed by atoms with Gasteiger partial charge in [0.15, 0.2) is 0 Å². The molecule has 0 saturated carbocycles. The van der Waals surface area contributed by atoms with E-state index in [1.165, 1.54) is 11.1 Å². The second kappa shape index (κ2) is 7.98. The van der Waals surface area contributed by atoms with Crippen molar-refractivity contribution in [3.05, 3.63) is 68.7 Å². The summed E-state index contributed by atoms with van der Waals surface area (Å²) < 4.78 is 0.953. The summed E-state index contributed by atoms with van der Waals surface area (Å²) in [7, 11) is 0. The smallest absolute Gasteiger partial charge is 0.0595 e. The van der Waals surface area contributed by atoms with Crippen LogP contribution in [0.1, 0.15) is 36.1 Å². The van der Waals surface area contributed by atoms with Gasteiger partial charge in [0, 0.05) is 10.5 Å². The molecule has 0 aliphatic carbocycles. The zero-order valence-electron chi connectivity index (χ0n) is 12.5. The first-order valence-corrected chi connectivity index (χ1v) is 8.51. The summed E-state index contributed by atoms with van der Waals surface area (Å²) in [6.45, 7) is 5.28. The monoisotopic (exact) mass is 365 g/mol. The molecule has 0 aliphatic rings. The fourth-order valence-electron chi connectivity index (χ4n) is 2.36. The Bertz CT molecular complexity index is 580. The fraction of sp³-hybridized carbons (Fsp3) is 0.333. The van der Waals surface area contributed by atoms with Crippen LogP contribution in [0.15, 0.2) is 46.9 Å². The van der Waals surface area contributed by atoms with E-state index in [2.05, 4.69) is 65.4 Å². The van der Waals surface area contributed by atoms with Crippen LogP contribution in [0.3, 0.4) is 0 Å². The lowest BCUT2D eigenvalue weighted by Crippen LogP contribution is -2.24. The topological polar surface area (TPSA) is 12.0 Å². The lowest BCUT2D eigenvalue weighted by atomic mass is 9.98. The Morgan fingerprint density at radius 1 is 1.14 bits per heavy atom. The summed E-state index contributed by atoms with van der Waals surface area (Å²) in [5.41, 5.74) is 3.77. The van der Waals surface area contributed by atoms with Gasteiger partial charge in [-0.25, -0.2) is 0 Å². The molecular weight excluding hydrogens is 346 g/mol. The Balaban J connectivity index is 2.25. The van der Waals surface area contributed by atoms with Gasteiger partial charge in [-0.15, -0.1) is 0 Å². The van der Waals surface area contributed by atoms with Crippen LogP contribution in [0, 0.1) is 6.92 Å². The van der Waals surface area contributed by atoms with Gasteiger partial charge < -0.3 is 5.32 Å². The number of hydrogen-bond donors (Lipinski definition) is 1. The molecule has 2 aromatic carbocycles. The Hall–Kier alpha value is -0.830. The Morgan fingerprint density at radius 2 is 1.86 bits per heavy atom. The molecule has 1 N–H and O–H groups in total. The van der Waals surface area contributed by atoms with E-state index >= 15 is 0 Å². The Morgan fingerprint density at radius 3 is 2.52 bits per heavy atom. The second-order valence-electron chi connectivity index (χ2n) is 5.34. The average molecular weight is 367 g/mol. The minimum Gasteiger partial charge on any atom is -0.310 e. The first-order chi connectivity index (χ1) is 10.1. The molecule has 1 nitrogen and oxygen atoms in total. The molecule has 2 rings (SSSR count). The van der Waals surface area contributed by atoms with Gasteiger partial charge in [0.05, 0.1) is 5.02 Å². The maximum absolute atomic E-state index is 6.47. The van der Waals surface area contributed by atoms with Gasteiger partial charge in [-0.1, -0.05) is 60.5 Å². The van der Waals surface area contributed by atoms with Crippen molar-refractivity contribution in [2.45, 2.75) is 32.7 Å². The van der Waals surface area contributed by atoms with E-state index in [9.17, 15) is 0 Å². The maximum Gasteiger partial charge on any atom is 0.0595 e. The summed E-state index contributed by atoms with van der Waals surface area (Å²) in [6.07, 6.45) is 2.05. The van der Waals surface area contributed by atoms with Crippen molar-refractivity contribution in [2.75, 3.05) is 6.54 Å². The van der Waals surface area contributed by atoms with Crippen LogP contribution >= 0.6 is 27.5 Å². The molecule has 0 saturated heterocycles. The lowest BCUT2D eigenvalue weighted by molar-refractivity contribution is 0.529. The highest BCUT2D eigenvalue weighted by atomic mass is 79.9. The largest absolute Gasteiger partial charge is 0.310 e. The van der Waals surface area contributed by atoms with E-state index in [-0.39, 0.29) is 6.04 Å². The van der Waals surface area contributed by atoms with Crippen LogP contribution in [0.4, 0.5) is 0 Å². The first-order valence-electron chi connectivity index (χ1n) is 7.34. The summed E-state index contributed by atoms with van der Waals surface area (Å²) in [5, 5.41) is 4.42. The molecule has 0 amide bonds. The lowest BCUT2D eigenvalue weighted by Gasteiger charge is -2.21. The van der Waals surface area contributed by atoms with Gasteiger partial charge in [0.2, 0.25) is 0 Å². The third-order valence-electron chi connectivity index (χ3n) is 3.56. The number of benzene rings is 2. The highest BCUT2D eigenvalue weighted by Crippen LogP contribution is 2.31. The molecule has 0 radical (unpaired) electrons. The van der Waals surface area contributed by atoms with E-state index in [0.717, 1.165) is 34.4 Å².